The van der Waals surface area contributed by atoms with E-state index in [1.807, 2.05) is 0 Å². The van der Waals surface area contributed by atoms with Crippen LogP contribution in [0.15, 0.2) is 41.6 Å². The summed E-state index contributed by atoms with van der Waals surface area (Å²) in [6.07, 6.45) is 4.80. The molecule has 1 aromatic heterocycles. The molecule has 0 amide bonds. The minimum absolute atomic E-state index is 0.217. The number of nitrogens with zero attached hydrogens (tertiary/aromatic N) is 1. The molecule has 0 aliphatic carbocycles. The number of nitrogens with one attached hydrogen (secondary N) is 2. The van der Waals surface area contributed by atoms with Gasteiger partial charge >= 0.3 is 0 Å². The average Bonchev–Trinajstić information content (AvgIpc) is 2.88. The lowest BCUT2D eigenvalue weighted by Gasteiger charge is -2.06. The first-order valence-electron chi connectivity index (χ1n) is 5.81. The molecule has 2 aromatic rings. The van der Waals surface area contributed by atoms with E-state index < -0.39 is 10.0 Å². The Morgan fingerprint density at radius 1 is 1.26 bits per heavy atom. The van der Waals surface area contributed by atoms with Crippen LogP contribution in [0.1, 0.15) is 12.2 Å². The van der Waals surface area contributed by atoms with Crippen LogP contribution in [0.5, 0.6) is 0 Å². The highest BCUT2D eigenvalue weighted by atomic mass is 35.5. The molecular formula is C12H14ClN3O2S. The zero-order chi connectivity index (χ0) is 13.7. The second-order valence-corrected chi connectivity index (χ2v) is 6.19. The Kier molecular flexibility index (Phi) is 4.57. The van der Waals surface area contributed by atoms with E-state index in [2.05, 4.69) is 14.7 Å². The van der Waals surface area contributed by atoms with Gasteiger partial charge in [0.1, 0.15) is 5.82 Å². The second kappa shape index (κ2) is 6.18. The van der Waals surface area contributed by atoms with Crippen LogP contribution in [0.3, 0.4) is 0 Å². The van der Waals surface area contributed by atoms with Gasteiger partial charge < -0.3 is 4.98 Å². The summed E-state index contributed by atoms with van der Waals surface area (Å²) >= 11 is 5.72. The van der Waals surface area contributed by atoms with Gasteiger partial charge in [0.25, 0.3) is 0 Å². The van der Waals surface area contributed by atoms with Gasteiger partial charge in [-0.15, -0.1) is 0 Å². The lowest BCUT2D eigenvalue weighted by atomic mass is 10.3. The third-order valence-electron chi connectivity index (χ3n) is 2.56. The lowest BCUT2D eigenvalue weighted by molar-refractivity contribution is 0.578. The van der Waals surface area contributed by atoms with Crippen molar-refractivity contribution in [2.24, 2.45) is 0 Å². The molecule has 0 atom stereocenters. The molecule has 2 rings (SSSR count). The molecule has 1 aromatic carbocycles. The SMILES string of the molecule is O=S(=O)(NCCCc1ncc[nH]1)c1ccc(Cl)cc1. The molecule has 0 radical (unpaired) electrons. The quantitative estimate of drug-likeness (QED) is 0.801. The van der Waals surface area contributed by atoms with E-state index in [1.165, 1.54) is 12.1 Å². The van der Waals surface area contributed by atoms with Crippen molar-refractivity contribution in [2.75, 3.05) is 6.54 Å². The zero-order valence-electron chi connectivity index (χ0n) is 10.1. The second-order valence-electron chi connectivity index (χ2n) is 3.99. The van der Waals surface area contributed by atoms with Crippen LogP contribution in [-0.4, -0.2) is 24.9 Å². The fourth-order valence-electron chi connectivity index (χ4n) is 1.59. The van der Waals surface area contributed by atoms with Crippen LogP contribution in [0, 0.1) is 0 Å². The lowest BCUT2D eigenvalue weighted by Crippen LogP contribution is -2.25. The molecule has 0 saturated carbocycles. The molecule has 0 fully saturated rings. The van der Waals surface area contributed by atoms with E-state index in [1.54, 1.807) is 24.5 Å². The van der Waals surface area contributed by atoms with E-state index in [0.717, 1.165) is 5.82 Å². The summed E-state index contributed by atoms with van der Waals surface area (Å²) in [6, 6.07) is 6.08. The largest absolute Gasteiger partial charge is 0.349 e. The maximum atomic E-state index is 11.9. The average molecular weight is 300 g/mol. The molecule has 0 unspecified atom stereocenters. The zero-order valence-corrected chi connectivity index (χ0v) is 11.7. The van der Waals surface area contributed by atoms with Crippen molar-refractivity contribution in [3.8, 4) is 0 Å². The van der Waals surface area contributed by atoms with Crippen molar-refractivity contribution in [1.29, 1.82) is 0 Å². The van der Waals surface area contributed by atoms with Gasteiger partial charge in [0.05, 0.1) is 4.90 Å². The summed E-state index contributed by atoms with van der Waals surface area (Å²) in [5.74, 6) is 0.852. The topological polar surface area (TPSA) is 74.8 Å². The number of hydrogen-bond donors (Lipinski definition) is 2. The molecule has 0 spiro atoms. The van der Waals surface area contributed by atoms with Crippen LogP contribution in [0.4, 0.5) is 0 Å². The van der Waals surface area contributed by atoms with Gasteiger partial charge in [-0.25, -0.2) is 18.1 Å². The minimum Gasteiger partial charge on any atom is -0.349 e. The predicted molar refractivity (Wildman–Crippen MR) is 73.5 cm³/mol. The van der Waals surface area contributed by atoms with Crippen molar-refractivity contribution >= 4 is 21.6 Å². The number of rotatable bonds is 6. The van der Waals surface area contributed by atoms with Gasteiger partial charge in [0.2, 0.25) is 10.0 Å². The molecule has 5 nitrogen and oxygen atoms in total. The Morgan fingerprint density at radius 3 is 2.63 bits per heavy atom. The van der Waals surface area contributed by atoms with Crippen molar-refractivity contribution in [2.45, 2.75) is 17.7 Å². The van der Waals surface area contributed by atoms with E-state index in [-0.39, 0.29) is 4.90 Å². The highest BCUT2D eigenvalue weighted by molar-refractivity contribution is 7.89. The highest BCUT2D eigenvalue weighted by Crippen LogP contribution is 2.13. The summed E-state index contributed by atoms with van der Waals surface area (Å²) in [7, 11) is -3.46. The van der Waals surface area contributed by atoms with Crippen LogP contribution in [0.25, 0.3) is 0 Å². The normalized spacial score (nSPS) is 11.6. The monoisotopic (exact) mass is 299 g/mol. The minimum atomic E-state index is -3.46. The van der Waals surface area contributed by atoms with Crippen LogP contribution in [0.2, 0.25) is 5.02 Å². The molecular weight excluding hydrogens is 286 g/mol. The number of hydrogen-bond acceptors (Lipinski definition) is 3. The molecule has 0 aliphatic rings. The van der Waals surface area contributed by atoms with E-state index in [4.69, 9.17) is 11.6 Å². The summed E-state index contributed by atoms with van der Waals surface area (Å²) in [4.78, 5) is 7.26. The molecule has 0 aliphatic heterocycles. The summed E-state index contributed by atoms with van der Waals surface area (Å²) in [5, 5.41) is 0.511. The predicted octanol–water partition coefficient (Wildman–Crippen LogP) is 1.97. The van der Waals surface area contributed by atoms with E-state index >= 15 is 0 Å². The summed E-state index contributed by atoms with van der Waals surface area (Å²) in [5.41, 5.74) is 0. The molecule has 2 N–H and O–H groups in total. The number of aromatic nitrogens is 2. The molecule has 7 heteroatoms. The number of H-pyrrole nitrogens is 1. The third-order valence-corrected chi connectivity index (χ3v) is 4.29. The number of imidazole rings is 1. The van der Waals surface area contributed by atoms with Crippen LogP contribution in [-0.2, 0) is 16.4 Å². The fraction of sp³-hybridized carbons (Fsp3) is 0.250. The first kappa shape index (κ1) is 14.0. The van der Waals surface area contributed by atoms with Gasteiger partial charge in [-0.2, -0.15) is 0 Å². The highest BCUT2D eigenvalue weighted by Gasteiger charge is 2.12. The van der Waals surface area contributed by atoms with Crippen molar-refractivity contribution in [3.05, 3.63) is 47.5 Å². The van der Waals surface area contributed by atoms with Gasteiger partial charge in [0.15, 0.2) is 0 Å². The van der Waals surface area contributed by atoms with Crippen LogP contribution < -0.4 is 4.72 Å². The first-order chi connectivity index (χ1) is 9.08. The molecule has 0 bridgehead atoms. The Bertz CT molecular complexity index is 609. The first-order valence-corrected chi connectivity index (χ1v) is 7.67. The van der Waals surface area contributed by atoms with Crippen LogP contribution >= 0.6 is 11.6 Å². The van der Waals surface area contributed by atoms with Gasteiger partial charge in [-0.05, 0) is 30.7 Å². The maximum absolute atomic E-state index is 11.9. The Hall–Kier alpha value is -1.37. The Morgan fingerprint density at radius 2 is 2.00 bits per heavy atom. The number of aryl methyl sites for hydroxylation is 1. The standard InChI is InChI=1S/C12H14ClN3O2S/c13-10-3-5-11(6-4-10)19(17,18)16-7-1-2-12-14-8-9-15-12/h3-6,8-9,16H,1-2,7H2,(H,14,15). The number of halogens is 1. The van der Waals surface area contributed by atoms with Gasteiger partial charge in [-0.3, -0.25) is 0 Å². The Labute approximate surface area is 117 Å². The molecule has 19 heavy (non-hydrogen) atoms. The fourth-order valence-corrected chi connectivity index (χ4v) is 2.79. The van der Waals surface area contributed by atoms with Crippen molar-refractivity contribution < 1.29 is 8.42 Å². The number of benzene rings is 1. The third kappa shape index (κ3) is 4.05. The number of sulfonamides is 1. The maximum Gasteiger partial charge on any atom is 0.240 e. The van der Waals surface area contributed by atoms with Crippen molar-refractivity contribution in [1.82, 2.24) is 14.7 Å². The smallest absolute Gasteiger partial charge is 0.240 e. The summed E-state index contributed by atoms with van der Waals surface area (Å²) in [6.45, 7) is 0.367. The number of aromatic amines is 1. The van der Waals surface area contributed by atoms with Gasteiger partial charge in [0, 0.05) is 30.4 Å². The summed E-state index contributed by atoms with van der Waals surface area (Å²) < 4.78 is 26.4. The molecule has 102 valence electrons. The molecule has 0 saturated heterocycles. The molecule has 1 heterocycles. The van der Waals surface area contributed by atoms with E-state index in [9.17, 15) is 8.42 Å². The van der Waals surface area contributed by atoms with Crippen molar-refractivity contribution in [3.63, 3.8) is 0 Å². The van der Waals surface area contributed by atoms with Gasteiger partial charge in [-0.1, -0.05) is 11.6 Å². The Balaban J connectivity index is 1.86. The van der Waals surface area contributed by atoms with E-state index in [0.29, 0.717) is 24.4 Å².